The SMILES string of the molecule is CCOc1ccc(C2=C(N3CCCCC3)C(=O)N(CCc3ccc(OC)cc3)C2=O)cc1. The number of rotatable bonds is 8. The van der Waals surface area contributed by atoms with E-state index in [4.69, 9.17) is 9.47 Å². The van der Waals surface area contributed by atoms with Gasteiger partial charge in [-0.2, -0.15) is 0 Å². The molecule has 168 valence electrons. The van der Waals surface area contributed by atoms with Crippen LogP contribution in [0.4, 0.5) is 0 Å². The van der Waals surface area contributed by atoms with Gasteiger partial charge in [-0.3, -0.25) is 14.5 Å². The second kappa shape index (κ2) is 9.90. The summed E-state index contributed by atoms with van der Waals surface area (Å²) in [5.41, 5.74) is 2.88. The van der Waals surface area contributed by atoms with Crippen molar-refractivity contribution >= 4 is 17.4 Å². The Balaban J connectivity index is 1.60. The quantitative estimate of drug-likeness (QED) is 0.590. The van der Waals surface area contributed by atoms with Gasteiger partial charge in [0.15, 0.2) is 0 Å². The predicted octanol–water partition coefficient (Wildman–Crippen LogP) is 3.90. The van der Waals surface area contributed by atoms with Crippen molar-refractivity contribution in [1.29, 1.82) is 0 Å². The van der Waals surface area contributed by atoms with Gasteiger partial charge in [-0.1, -0.05) is 24.3 Å². The molecule has 2 aromatic carbocycles. The zero-order valence-electron chi connectivity index (χ0n) is 18.8. The zero-order chi connectivity index (χ0) is 22.5. The maximum Gasteiger partial charge on any atom is 0.277 e. The van der Waals surface area contributed by atoms with E-state index >= 15 is 0 Å². The average Bonchev–Trinajstić information content (AvgIpc) is 3.08. The van der Waals surface area contributed by atoms with Crippen molar-refractivity contribution in [1.82, 2.24) is 9.80 Å². The molecule has 6 nitrogen and oxygen atoms in total. The van der Waals surface area contributed by atoms with E-state index in [1.807, 2.05) is 55.5 Å². The van der Waals surface area contributed by atoms with E-state index in [1.165, 1.54) is 4.90 Å². The minimum atomic E-state index is -0.215. The number of carbonyl (C=O) groups excluding carboxylic acids is 2. The van der Waals surface area contributed by atoms with Crippen LogP contribution in [-0.2, 0) is 16.0 Å². The molecule has 1 saturated heterocycles. The Morgan fingerprint density at radius 2 is 1.50 bits per heavy atom. The summed E-state index contributed by atoms with van der Waals surface area (Å²) in [6, 6.07) is 15.2. The number of piperidine rings is 1. The smallest absolute Gasteiger partial charge is 0.277 e. The van der Waals surface area contributed by atoms with E-state index in [9.17, 15) is 9.59 Å². The van der Waals surface area contributed by atoms with Crippen LogP contribution >= 0.6 is 0 Å². The summed E-state index contributed by atoms with van der Waals surface area (Å²) < 4.78 is 10.8. The fourth-order valence-corrected chi connectivity index (χ4v) is 4.36. The Hall–Kier alpha value is -3.28. The zero-order valence-corrected chi connectivity index (χ0v) is 18.8. The molecule has 0 spiro atoms. The van der Waals surface area contributed by atoms with Crippen molar-refractivity contribution in [2.45, 2.75) is 32.6 Å². The van der Waals surface area contributed by atoms with Crippen LogP contribution in [-0.4, -0.2) is 55.0 Å². The van der Waals surface area contributed by atoms with Crippen molar-refractivity contribution in [3.05, 3.63) is 65.4 Å². The third-order valence-corrected chi connectivity index (χ3v) is 6.05. The molecule has 0 saturated carbocycles. The fourth-order valence-electron chi connectivity index (χ4n) is 4.36. The van der Waals surface area contributed by atoms with Gasteiger partial charge in [-0.25, -0.2) is 0 Å². The Kier molecular flexibility index (Phi) is 6.78. The second-order valence-corrected chi connectivity index (χ2v) is 8.09. The van der Waals surface area contributed by atoms with Gasteiger partial charge < -0.3 is 14.4 Å². The molecule has 2 aliphatic rings. The molecule has 1 fully saturated rings. The molecule has 0 N–H and O–H groups in total. The summed E-state index contributed by atoms with van der Waals surface area (Å²) in [7, 11) is 1.63. The summed E-state index contributed by atoms with van der Waals surface area (Å²) in [5, 5.41) is 0. The summed E-state index contributed by atoms with van der Waals surface area (Å²) in [6.45, 7) is 4.48. The van der Waals surface area contributed by atoms with E-state index in [0.29, 0.717) is 30.8 Å². The minimum absolute atomic E-state index is 0.186. The first kappa shape index (κ1) is 21.9. The molecule has 0 atom stereocenters. The lowest BCUT2D eigenvalue weighted by atomic mass is 10.0. The van der Waals surface area contributed by atoms with Crippen molar-refractivity contribution in [2.75, 3.05) is 33.4 Å². The normalized spacial score (nSPS) is 16.7. The topological polar surface area (TPSA) is 59.1 Å². The van der Waals surface area contributed by atoms with Crippen LogP contribution in [0.5, 0.6) is 11.5 Å². The van der Waals surface area contributed by atoms with Gasteiger partial charge in [0, 0.05) is 19.6 Å². The van der Waals surface area contributed by atoms with Crippen LogP contribution < -0.4 is 9.47 Å². The lowest BCUT2D eigenvalue weighted by Gasteiger charge is -2.29. The fraction of sp³-hybridized carbons (Fsp3) is 0.385. The van der Waals surface area contributed by atoms with Crippen molar-refractivity contribution in [3.63, 3.8) is 0 Å². The number of hydrogen-bond acceptors (Lipinski definition) is 5. The molecule has 32 heavy (non-hydrogen) atoms. The number of ether oxygens (including phenoxy) is 2. The van der Waals surface area contributed by atoms with Gasteiger partial charge >= 0.3 is 0 Å². The van der Waals surface area contributed by atoms with Gasteiger partial charge in [-0.05, 0) is 68.0 Å². The number of carbonyl (C=O) groups is 2. The summed E-state index contributed by atoms with van der Waals surface area (Å²) in [5.74, 6) is 1.14. The number of amides is 2. The van der Waals surface area contributed by atoms with Crippen LogP contribution in [0.15, 0.2) is 54.2 Å². The van der Waals surface area contributed by atoms with E-state index in [-0.39, 0.29) is 11.8 Å². The van der Waals surface area contributed by atoms with E-state index in [0.717, 1.165) is 55.0 Å². The molecule has 0 unspecified atom stereocenters. The maximum absolute atomic E-state index is 13.5. The van der Waals surface area contributed by atoms with E-state index < -0.39 is 0 Å². The molecule has 2 heterocycles. The van der Waals surface area contributed by atoms with Crippen LogP contribution in [0.25, 0.3) is 5.57 Å². The molecule has 2 aliphatic heterocycles. The highest BCUT2D eigenvalue weighted by atomic mass is 16.5. The first-order valence-corrected chi connectivity index (χ1v) is 11.3. The summed E-state index contributed by atoms with van der Waals surface area (Å²) in [4.78, 5) is 30.4. The minimum Gasteiger partial charge on any atom is -0.497 e. The van der Waals surface area contributed by atoms with Gasteiger partial charge in [-0.15, -0.1) is 0 Å². The van der Waals surface area contributed by atoms with Crippen LogP contribution in [0.3, 0.4) is 0 Å². The molecule has 0 aliphatic carbocycles. The average molecular weight is 435 g/mol. The summed E-state index contributed by atoms with van der Waals surface area (Å²) in [6.07, 6.45) is 3.83. The molecule has 4 rings (SSSR count). The third kappa shape index (κ3) is 4.49. The standard InChI is InChI=1S/C26H30N2O4/c1-3-32-22-13-9-20(10-14-22)23-24(27-16-5-4-6-17-27)26(30)28(25(23)29)18-15-19-7-11-21(31-2)12-8-19/h7-14H,3-6,15-18H2,1-2H3. The van der Waals surface area contributed by atoms with Crippen molar-refractivity contribution in [3.8, 4) is 11.5 Å². The highest BCUT2D eigenvalue weighted by Gasteiger charge is 2.41. The van der Waals surface area contributed by atoms with Crippen molar-refractivity contribution in [2.24, 2.45) is 0 Å². The van der Waals surface area contributed by atoms with Gasteiger partial charge in [0.1, 0.15) is 17.2 Å². The third-order valence-electron chi connectivity index (χ3n) is 6.05. The molecule has 0 bridgehead atoms. The van der Waals surface area contributed by atoms with Crippen molar-refractivity contribution < 1.29 is 19.1 Å². The van der Waals surface area contributed by atoms with Crippen LogP contribution in [0.2, 0.25) is 0 Å². The molecule has 0 radical (unpaired) electrons. The van der Waals surface area contributed by atoms with E-state index in [2.05, 4.69) is 4.90 Å². The molecule has 2 aromatic rings. The molecule has 0 aromatic heterocycles. The Labute approximate surface area is 189 Å². The largest absolute Gasteiger partial charge is 0.497 e. The van der Waals surface area contributed by atoms with Gasteiger partial charge in [0.05, 0.1) is 19.3 Å². The summed E-state index contributed by atoms with van der Waals surface area (Å²) >= 11 is 0. The molecule has 2 amide bonds. The number of nitrogens with zero attached hydrogens (tertiary/aromatic N) is 2. The maximum atomic E-state index is 13.5. The van der Waals surface area contributed by atoms with Gasteiger partial charge in [0.25, 0.3) is 11.8 Å². The Morgan fingerprint density at radius 3 is 2.12 bits per heavy atom. The van der Waals surface area contributed by atoms with Crippen LogP contribution in [0, 0.1) is 0 Å². The molecular formula is C26H30N2O4. The number of likely N-dealkylation sites (tertiary alicyclic amines) is 1. The first-order chi connectivity index (χ1) is 15.6. The lowest BCUT2D eigenvalue weighted by molar-refractivity contribution is -0.137. The Morgan fingerprint density at radius 1 is 0.844 bits per heavy atom. The Bertz CT molecular complexity index is 989. The number of methoxy groups -OCH3 is 1. The number of imide groups is 1. The van der Waals surface area contributed by atoms with Gasteiger partial charge in [0.2, 0.25) is 0 Å². The lowest BCUT2D eigenvalue weighted by Crippen LogP contribution is -2.38. The predicted molar refractivity (Wildman–Crippen MR) is 123 cm³/mol. The highest BCUT2D eigenvalue weighted by Crippen LogP contribution is 2.34. The highest BCUT2D eigenvalue weighted by molar-refractivity contribution is 6.35. The molecular weight excluding hydrogens is 404 g/mol. The number of hydrogen-bond donors (Lipinski definition) is 0. The number of benzene rings is 2. The second-order valence-electron chi connectivity index (χ2n) is 8.09. The van der Waals surface area contributed by atoms with E-state index in [1.54, 1.807) is 7.11 Å². The molecule has 6 heteroatoms. The first-order valence-electron chi connectivity index (χ1n) is 11.3. The van der Waals surface area contributed by atoms with Crippen LogP contribution in [0.1, 0.15) is 37.3 Å². The monoisotopic (exact) mass is 434 g/mol.